The predicted octanol–water partition coefficient (Wildman–Crippen LogP) is 11.9. The summed E-state index contributed by atoms with van der Waals surface area (Å²) in [6, 6.07) is 36.9. The molecule has 0 saturated heterocycles. The highest BCUT2D eigenvalue weighted by molar-refractivity contribution is 5.46. The van der Waals surface area contributed by atoms with E-state index in [1.807, 2.05) is 48.5 Å². The molecule has 2 aliphatic heterocycles. The van der Waals surface area contributed by atoms with Crippen LogP contribution in [0.5, 0.6) is 58.0 Å². The summed E-state index contributed by atoms with van der Waals surface area (Å²) in [6.45, 7) is 0. The van der Waals surface area contributed by atoms with Gasteiger partial charge >= 0.3 is 0 Å². The van der Waals surface area contributed by atoms with Gasteiger partial charge in [0.05, 0.1) is 19.7 Å². The van der Waals surface area contributed by atoms with E-state index in [-0.39, 0.29) is 58.5 Å². The van der Waals surface area contributed by atoms with Gasteiger partial charge in [-0.25, -0.2) is 19.9 Å². The van der Waals surface area contributed by atoms with E-state index in [4.69, 9.17) is 28.4 Å². The van der Waals surface area contributed by atoms with Crippen molar-refractivity contribution < 1.29 is 48.1 Å². The second-order valence-corrected chi connectivity index (χ2v) is 15.8. The highest BCUT2D eigenvalue weighted by Crippen LogP contribution is 2.40. The molecule has 0 aliphatic carbocycles. The van der Waals surface area contributed by atoms with Crippen molar-refractivity contribution in [3.8, 4) is 58.0 Å². The van der Waals surface area contributed by atoms with Crippen molar-refractivity contribution in [2.45, 2.75) is 37.9 Å². The number of nitrogens with zero attached hydrogens (tertiary/aromatic N) is 8. The standard InChI is InChI=1S/2C25H18N4O7/c2*30-28(31)18-4-11-24(26-14-18)34-20-6-1-16(2-7-20)22-9-3-17-13-21(8-10-23(17)36-22)35-25-12-5-19(15-27-25)29(32)33/h2*1-2,4-8,10-15,22H,3,9H2. The number of hydrogen-bond donors (Lipinski definition) is 0. The first-order chi connectivity index (χ1) is 34.9. The van der Waals surface area contributed by atoms with Crippen molar-refractivity contribution in [1.29, 1.82) is 0 Å². The Hall–Kier alpha value is -10.1. The zero-order valence-corrected chi connectivity index (χ0v) is 37.3. The fourth-order valence-corrected chi connectivity index (χ4v) is 7.47. The van der Waals surface area contributed by atoms with E-state index in [0.717, 1.165) is 84.2 Å². The summed E-state index contributed by atoms with van der Waals surface area (Å²) in [5, 5.41) is 43.0. The summed E-state index contributed by atoms with van der Waals surface area (Å²) in [5.41, 5.74) is 3.55. The Kier molecular flexibility index (Phi) is 13.7. The van der Waals surface area contributed by atoms with E-state index in [0.29, 0.717) is 23.0 Å². The summed E-state index contributed by atoms with van der Waals surface area (Å²) in [7, 11) is 0. The van der Waals surface area contributed by atoms with Crippen molar-refractivity contribution in [2.75, 3.05) is 0 Å². The van der Waals surface area contributed by atoms with Gasteiger partial charge < -0.3 is 28.4 Å². The molecule has 0 saturated carbocycles. The molecule has 0 radical (unpaired) electrons. The largest absolute Gasteiger partial charge is 0.485 e. The van der Waals surface area contributed by atoms with E-state index in [1.165, 1.54) is 48.5 Å². The van der Waals surface area contributed by atoms with E-state index in [2.05, 4.69) is 19.9 Å². The van der Waals surface area contributed by atoms with Gasteiger partial charge in [0.25, 0.3) is 22.7 Å². The molecule has 0 bridgehead atoms. The van der Waals surface area contributed by atoms with Crippen molar-refractivity contribution in [3.63, 3.8) is 0 Å². The average Bonchev–Trinajstić information content (AvgIpc) is 3.39. The minimum atomic E-state index is -0.516. The lowest BCUT2D eigenvalue weighted by Crippen LogP contribution is -2.15. The molecule has 0 fully saturated rings. The quantitative estimate of drug-likeness (QED) is 0.0723. The fourth-order valence-electron chi connectivity index (χ4n) is 7.47. The van der Waals surface area contributed by atoms with Crippen molar-refractivity contribution in [1.82, 2.24) is 19.9 Å². The summed E-state index contributed by atoms with van der Waals surface area (Å²) in [5.74, 6) is 4.81. The topological polar surface area (TPSA) is 279 Å². The monoisotopic (exact) mass is 972 g/mol. The summed E-state index contributed by atoms with van der Waals surface area (Å²) in [6.07, 6.45) is 7.41. The number of aryl methyl sites for hydroxylation is 2. The molecule has 360 valence electrons. The van der Waals surface area contributed by atoms with Crippen LogP contribution in [-0.4, -0.2) is 39.6 Å². The molecule has 2 aliphatic rings. The smallest absolute Gasteiger partial charge is 0.287 e. The number of hydrogen-bond acceptors (Lipinski definition) is 18. The normalized spacial score (nSPS) is 14.3. The van der Waals surface area contributed by atoms with Crippen LogP contribution >= 0.6 is 0 Å². The molecule has 2 unspecified atom stereocenters. The lowest BCUT2D eigenvalue weighted by molar-refractivity contribution is -0.385. The molecule has 0 N–H and O–H groups in total. The third kappa shape index (κ3) is 11.6. The van der Waals surface area contributed by atoms with Gasteiger partial charge in [-0.3, -0.25) is 40.5 Å². The van der Waals surface area contributed by atoms with E-state index in [1.54, 1.807) is 36.4 Å². The molecular formula is C50H36N8O14. The van der Waals surface area contributed by atoms with Crippen LogP contribution < -0.4 is 28.4 Å². The lowest BCUT2D eigenvalue weighted by atomic mass is 9.97. The van der Waals surface area contributed by atoms with Crippen molar-refractivity contribution in [2.24, 2.45) is 0 Å². The van der Waals surface area contributed by atoms with Crippen molar-refractivity contribution >= 4 is 22.7 Å². The Labute approximate surface area is 406 Å². The van der Waals surface area contributed by atoms with Gasteiger partial charge in [-0.15, -0.1) is 0 Å². The zero-order valence-electron chi connectivity index (χ0n) is 37.3. The molecule has 10 rings (SSSR count). The molecule has 0 spiro atoms. The molecule has 8 aromatic rings. The Balaban J connectivity index is 0.000000178. The third-order valence-electron chi connectivity index (χ3n) is 11.1. The second-order valence-electron chi connectivity index (χ2n) is 15.8. The molecule has 72 heavy (non-hydrogen) atoms. The number of aromatic nitrogens is 4. The molecular weight excluding hydrogens is 937 g/mol. The highest BCUT2D eigenvalue weighted by atomic mass is 16.6. The Morgan fingerprint density at radius 3 is 0.958 bits per heavy atom. The van der Waals surface area contributed by atoms with Gasteiger partial charge in [-0.05, 0) is 109 Å². The molecule has 4 aromatic heterocycles. The van der Waals surface area contributed by atoms with Gasteiger partial charge in [0.1, 0.15) is 71.5 Å². The summed E-state index contributed by atoms with van der Waals surface area (Å²) in [4.78, 5) is 56.8. The Morgan fingerprint density at radius 1 is 0.389 bits per heavy atom. The number of nitro groups is 4. The average molecular weight is 973 g/mol. The highest BCUT2D eigenvalue weighted by Gasteiger charge is 2.24. The van der Waals surface area contributed by atoms with Crippen LogP contribution in [0.15, 0.2) is 158 Å². The van der Waals surface area contributed by atoms with Crippen molar-refractivity contribution in [3.05, 3.63) is 221 Å². The van der Waals surface area contributed by atoms with Gasteiger partial charge in [0, 0.05) is 48.5 Å². The third-order valence-corrected chi connectivity index (χ3v) is 11.1. The van der Waals surface area contributed by atoms with E-state index >= 15 is 0 Å². The fraction of sp³-hybridized carbons (Fsp3) is 0.120. The molecule has 0 amide bonds. The van der Waals surface area contributed by atoms with Gasteiger partial charge in [0.15, 0.2) is 0 Å². The Morgan fingerprint density at radius 2 is 0.681 bits per heavy atom. The predicted molar refractivity (Wildman–Crippen MR) is 253 cm³/mol. The summed E-state index contributed by atoms with van der Waals surface area (Å²) < 4.78 is 35.2. The van der Waals surface area contributed by atoms with Gasteiger partial charge in [-0.1, -0.05) is 24.3 Å². The van der Waals surface area contributed by atoms with Crippen LogP contribution in [-0.2, 0) is 12.8 Å². The number of pyridine rings is 4. The molecule has 6 heterocycles. The first-order valence-electron chi connectivity index (χ1n) is 21.8. The number of benzene rings is 4. The molecule has 22 heteroatoms. The number of fused-ring (bicyclic) bond motifs is 2. The van der Waals surface area contributed by atoms with Crippen LogP contribution in [0.2, 0.25) is 0 Å². The second kappa shape index (κ2) is 21.0. The first-order valence-corrected chi connectivity index (χ1v) is 21.8. The van der Waals surface area contributed by atoms with Gasteiger partial charge in [-0.2, -0.15) is 0 Å². The zero-order chi connectivity index (χ0) is 50.1. The first kappa shape index (κ1) is 47.0. The van der Waals surface area contributed by atoms with Crippen LogP contribution in [0, 0.1) is 40.5 Å². The maximum absolute atomic E-state index is 10.8. The summed E-state index contributed by atoms with van der Waals surface area (Å²) >= 11 is 0. The maximum atomic E-state index is 10.8. The molecule has 2 atom stereocenters. The minimum absolute atomic E-state index is 0.102. The maximum Gasteiger partial charge on any atom is 0.287 e. The molecule has 4 aromatic carbocycles. The van der Waals surface area contributed by atoms with Crippen LogP contribution in [0.25, 0.3) is 0 Å². The van der Waals surface area contributed by atoms with Crippen LogP contribution in [0.1, 0.15) is 47.3 Å². The van der Waals surface area contributed by atoms with Crippen LogP contribution in [0.3, 0.4) is 0 Å². The van der Waals surface area contributed by atoms with E-state index in [9.17, 15) is 40.5 Å². The van der Waals surface area contributed by atoms with E-state index < -0.39 is 19.7 Å². The lowest BCUT2D eigenvalue weighted by Gasteiger charge is -2.27. The minimum Gasteiger partial charge on any atom is -0.485 e. The Bertz CT molecular complexity index is 3040. The number of ether oxygens (including phenoxy) is 6. The van der Waals surface area contributed by atoms with Crippen LogP contribution in [0.4, 0.5) is 22.7 Å². The SMILES string of the molecule is O=[N+]([O-])c1ccc(Oc2ccc(C3CCc4cc(Oc5ccc([N+](=O)[O-])cn5)ccc4O3)cc2)nc1.O=[N+]([O-])c1ccc(Oc2ccc(C3CCc4cc(Oc5ccc([N+](=O)[O-])cn5)ccc4O3)cc2)nc1. The number of rotatable bonds is 14. The van der Waals surface area contributed by atoms with Gasteiger partial charge in [0.2, 0.25) is 23.5 Å². The molecule has 22 nitrogen and oxygen atoms in total.